The van der Waals surface area contributed by atoms with Crippen molar-refractivity contribution in [3.8, 4) is 0 Å². The van der Waals surface area contributed by atoms with Gasteiger partial charge in [-0.3, -0.25) is 14.5 Å². The van der Waals surface area contributed by atoms with Crippen LogP contribution in [0.3, 0.4) is 0 Å². The second kappa shape index (κ2) is 8.00. The third kappa shape index (κ3) is 4.25. The molecule has 1 aliphatic rings. The van der Waals surface area contributed by atoms with Gasteiger partial charge in [-0.1, -0.05) is 65.0 Å². The Morgan fingerprint density at radius 3 is 2.36 bits per heavy atom. The number of amides is 2. The second-order valence-electron chi connectivity index (χ2n) is 8.47. The van der Waals surface area contributed by atoms with E-state index < -0.39 is 5.41 Å². The highest BCUT2D eigenvalue weighted by molar-refractivity contribution is 8.00. The summed E-state index contributed by atoms with van der Waals surface area (Å²) in [5, 5.41) is 2.89. The van der Waals surface area contributed by atoms with Crippen LogP contribution in [0, 0.1) is 5.41 Å². The Bertz CT molecular complexity index is 869. The molecule has 0 spiro atoms. The number of carbonyl (C=O) groups excluding carboxylic acids is 2. The van der Waals surface area contributed by atoms with Gasteiger partial charge in [0.25, 0.3) is 0 Å². The molecule has 1 fully saturated rings. The van der Waals surface area contributed by atoms with Gasteiger partial charge in [0.2, 0.25) is 11.8 Å². The zero-order valence-electron chi connectivity index (χ0n) is 17.2. The summed E-state index contributed by atoms with van der Waals surface area (Å²) in [6.45, 7) is 9.97. The lowest BCUT2D eigenvalue weighted by Gasteiger charge is -2.28. The van der Waals surface area contributed by atoms with Crippen molar-refractivity contribution >= 4 is 35.0 Å². The van der Waals surface area contributed by atoms with Crippen molar-refractivity contribution in [3.05, 3.63) is 59.7 Å². The summed E-state index contributed by atoms with van der Waals surface area (Å²) < 4.78 is 0. The number of rotatable bonds is 4. The summed E-state index contributed by atoms with van der Waals surface area (Å²) in [7, 11) is 0. The minimum atomic E-state index is -0.441. The first-order chi connectivity index (χ1) is 13.2. The van der Waals surface area contributed by atoms with E-state index in [0.29, 0.717) is 11.7 Å². The van der Waals surface area contributed by atoms with Crippen LogP contribution in [0.15, 0.2) is 48.5 Å². The molecule has 1 N–H and O–H groups in total. The lowest BCUT2D eigenvalue weighted by molar-refractivity contribution is -0.123. The van der Waals surface area contributed by atoms with Crippen LogP contribution in [-0.2, 0) is 9.59 Å². The Morgan fingerprint density at radius 2 is 1.75 bits per heavy atom. The predicted octanol–water partition coefficient (Wildman–Crippen LogP) is 5.57. The zero-order chi connectivity index (χ0) is 20.5. The van der Waals surface area contributed by atoms with Crippen LogP contribution in [-0.4, -0.2) is 17.6 Å². The van der Waals surface area contributed by atoms with Crippen LogP contribution in [0.5, 0.6) is 0 Å². The Labute approximate surface area is 171 Å². The average molecular weight is 397 g/mol. The fourth-order valence-corrected chi connectivity index (χ4v) is 4.35. The Balaban J connectivity index is 1.87. The van der Waals surface area contributed by atoms with Crippen LogP contribution in [0.4, 0.5) is 11.4 Å². The van der Waals surface area contributed by atoms with Crippen molar-refractivity contribution in [2.75, 3.05) is 16.0 Å². The number of carbonyl (C=O) groups is 2. The van der Waals surface area contributed by atoms with E-state index in [1.165, 1.54) is 5.56 Å². The zero-order valence-corrected chi connectivity index (χ0v) is 18.0. The third-order valence-electron chi connectivity index (χ3n) is 4.82. The molecule has 148 valence electrons. The summed E-state index contributed by atoms with van der Waals surface area (Å²) in [6.07, 6.45) is 0. The van der Waals surface area contributed by atoms with Gasteiger partial charge in [0.1, 0.15) is 5.37 Å². The van der Waals surface area contributed by atoms with Gasteiger partial charge in [-0.25, -0.2) is 0 Å². The number of benzene rings is 2. The van der Waals surface area contributed by atoms with Crippen LogP contribution < -0.4 is 10.2 Å². The smallest absolute Gasteiger partial charge is 0.238 e. The molecular weight excluding hydrogens is 368 g/mol. The summed E-state index contributed by atoms with van der Waals surface area (Å²) in [5.74, 6) is 0.927. The van der Waals surface area contributed by atoms with Crippen molar-refractivity contribution in [1.29, 1.82) is 0 Å². The van der Waals surface area contributed by atoms with Gasteiger partial charge >= 0.3 is 0 Å². The highest BCUT2D eigenvalue weighted by atomic mass is 32.2. The highest BCUT2D eigenvalue weighted by Gasteiger charge is 2.35. The number of nitrogens with zero attached hydrogens (tertiary/aromatic N) is 1. The molecule has 4 nitrogen and oxygen atoms in total. The maximum Gasteiger partial charge on any atom is 0.238 e. The number of hydrogen-bond acceptors (Lipinski definition) is 3. The molecular formula is C23H28N2O2S. The molecule has 0 saturated carbocycles. The van der Waals surface area contributed by atoms with Crippen molar-refractivity contribution in [3.63, 3.8) is 0 Å². The van der Waals surface area contributed by atoms with Gasteiger partial charge in [-0.2, -0.15) is 0 Å². The van der Waals surface area contributed by atoms with E-state index >= 15 is 0 Å². The Hall–Kier alpha value is -2.27. The van der Waals surface area contributed by atoms with Crippen molar-refractivity contribution in [2.24, 2.45) is 5.41 Å². The number of anilines is 2. The normalized spacial score (nSPS) is 17.3. The first-order valence-corrected chi connectivity index (χ1v) is 10.7. The average Bonchev–Trinajstić information content (AvgIpc) is 3.03. The molecule has 28 heavy (non-hydrogen) atoms. The molecule has 2 amide bonds. The summed E-state index contributed by atoms with van der Waals surface area (Å²) >= 11 is 1.64. The quantitative estimate of drug-likeness (QED) is 0.735. The fourth-order valence-electron chi connectivity index (χ4n) is 3.18. The Morgan fingerprint density at radius 1 is 1.11 bits per heavy atom. The van der Waals surface area contributed by atoms with E-state index in [4.69, 9.17) is 0 Å². The molecule has 3 rings (SSSR count). The van der Waals surface area contributed by atoms with E-state index in [-0.39, 0.29) is 17.2 Å². The van der Waals surface area contributed by atoms with Crippen molar-refractivity contribution in [1.82, 2.24) is 0 Å². The number of nitrogens with one attached hydrogen (secondary N) is 1. The Kier molecular flexibility index (Phi) is 5.84. The monoisotopic (exact) mass is 396 g/mol. The first kappa shape index (κ1) is 20.5. The maximum atomic E-state index is 12.7. The lowest BCUT2D eigenvalue weighted by atomic mass is 9.95. The largest absolute Gasteiger partial charge is 0.326 e. The molecule has 0 unspecified atom stereocenters. The molecule has 1 heterocycles. The van der Waals surface area contributed by atoms with Gasteiger partial charge in [0.15, 0.2) is 0 Å². The van der Waals surface area contributed by atoms with E-state index in [1.54, 1.807) is 11.8 Å². The topological polar surface area (TPSA) is 49.4 Å². The van der Waals surface area contributed by atoms with Gasteiger partial charge < -0.3 is 5.32 Å². The molecule has 0 aliphatic carbocycles. The maximum absolute atomic E-state index is 12.7. The van der Waals surface area contributed by atoms with E-state index in [9.17, 15) is 9.59 Å². The minimum Gasteiger partial charge on any atom is -0.326 e. The number of hydrogen-bond donors (Lipinski definition) is 1. The van der Waals surface area contributed by atoms with Gasteiger partial charge in [0.05, 0.1) is 5.75 Å². The number of thioether (sulfide) groups is 1. The summed E-state index contributed by atoms with van der Waals surface area (Å²) in [6, 6.07) is 16.0. The summed E-state index contributed by atoms with van der Waals surface area (Å²) in [4.78, 5) is 26.8. The number of para-hydroxylation sites is 1. The molecule has 1 atom stereocenters. The SMILES string of the molecule is CC(C)c1ccccc1N1C(=O)CS[C@H]1c1ccc(NC(=O)C(C)(C)C)cc1. The molecule has 0 bridgehead atoms. The minimum absolute atomic E-state index is 0.0156. The predicted molar refractivity (Wildman–Crippen MR) is 118 cm³/mol. The van der Waals surface area contributed by atoms with Crippen molar-refractivity contribution in [2.45, 2.75) is 45.9 Å². The highest BCUT2D eigenvalue weighted by Crippen LogP contribution is 2.44. The molecule has 2 aromatic carbocycles. The van der Waals surface area contributed by atoms with E-state index in [2.05, 4.69) is 25.2 Å². The van der Waals surface area contributed by atoms with Gasteiger partial charge in [0, 0.05) is 16.8 Å². The fraction of sp³-hybridized carbons (Fsp3) is 0.391. The van der Waals surface area contributed by atoms with Gasteiger partial charge in [-0.05, 0) is 35.2 Å². The first-order valence-electron chi connectivity index (χ1n) is 9.62. The standard InChI is InChI=1S/C23H28N2O2S/c1-15(2)18-8-6-7-9-19(18)25-20(26)14-28-21(25)16-10-12-17(13-11-16)24-22(27)23(3,4)5/h6-13,15,21H,14H2,1-5H3,(H,24,27)/t21-/m0/s1. The van der Waals surface area contributed by atoms with Gasteiger partial charge in [-0.15, -0.1) is 11.8 Å². The summed E-state index contributed by atoms with van der Waals surface area (Å²) in [5.41, 5.74) is 3.55. The lowest BCUT2D eigenvalue weighted by Crippen LogP contribution is -2.29. The van der Waals surface area contributed by atoms with Crippen LogP contribution in [0.2, 0.25) is 0 Å². The second-order valence-corrected chi connectivity index (χ2v) is 9.54. The van der Waals surface area contributed by atoms with E-state index in [1.807, 2.05) is 68.1 Å². The molecule has 2 aromatic rings. The molecule has 0 radical (unpaired) electrons. The molecule has 5 heteroatoms. The molecule has 1 aliphatic heterocycles. The van der Waals surface area contributed by atoms with E-state index in [0.717, 1.165) is 16.9 Å². The van der Waals surface area contributed by atoms with Crippen LogP contribution >= 0.6 is 11.8 Å². The third-order valence-corrected chi connectivity index (χ3v) is 6.03. The molecule has 0 aromatic heterocycles. The van der Waals surface area contributed by atoms with Crippen LogP contribution in [0.25, 0.3) is 0 Å². The van der Waals surface area contributed by atoms with Crippen LogP contribution in [0.1, 0.15) is 57.0 Å². The molecule has 1 saturated heterocycles. The van der Waals surface area contributed by atoms with Crippen molar-refractivity contribution < 1.29 is 9.59 Å².